The number of rotatable bonds is 4. The van der Waals surface area contributed by atoms with E-state index in [1.54, 1.807) is 0 Å². The molecule has 0 atom stereocenters. The van der Waals surface area contributed by atoms with E-state index in [0.29, 0.717) is 11.8 Å². The van der Waals surface area contributed by atoms with E-state index < -0.39 is 0 Å². The zero-order valence-corrected chi connectivity index (χ0v) is 35.8. The molecule has 294 valence electrons. The molecule has 0 amide bonds. The molecule has 60 heavy (non-hydrogen) atoms. The van der Waals surface area contributed by atoms with Gasteiger partial charge in [0.05, 0.1) is 5.02 Å². The second-order valence-corrected chi connectivity index (χ2v) is 20.7. The van der Waals surface area contributed by atoms with Gasteiger partial charge >= 0.3 is 0 Å². The molecule has 1 spiro atoms. The molecule has 0 aliphatic heterocycles. The van der Waals surface area contributed by atoms with Crippen LogP contribution in [0.2, 0.25) is 5.02 Å². The second kappa shape index (κ2) is 12.1. The summed E-state index contributed by atoms with van der Waals surface area (Å²) in [5, 5.41) is 0.868. The standard InChI is InChI=1S/C58H50ClN/c1-56(2)48-16-10-8-14-43(48)45-21-19-40(30-51(45)56)60(41-20-22-46-44-15-9-11-17-49(44)57(3,4)52(46)31-41)42-32-53-55(54(59)33-42)47-29-37(36-12-6-5-7-13-36)18-23-50(47)58(53)38-25-34-24-35(27-38)28-39(58)26-34/h5-23,29-35,38-39H,24-28H2,1-4H3. The fraction of sp³-hybridized carbons (Fsp3) is 0.276. The Bertz CT molecular complexity index is 2830. The third-order valence-electron chi connectivity index (χ3n) is 16.7. The Morgan fingerprint density at radius 3 is 1.52 bits per heavy atom. The van der Waals surface area contributed by atoms with Gasteiger partial charge < -0.3 is 4.90 Å². The van der Waals surface area contributed by atoms with E-state index in [-0.39, 0.29) is 16.2 Å². The molecule has 1 nitrogen and oxygen atoms in total. The fourth-order valence-corrected chi connectivity index (χ4v) is 14.6. The van der Waals surface area contributed by atoms with Crippen molar-refractivity contribution in [3.8, 4) is 44.5 Å². The van der Waals surface area contributed by atoms with Gasteiger partial charge in [-0.3, -0.25) is 0 Å². The maximum absolute atomic E-state index is 7.89. The zero-order chi connectivity index (χ0) is 40.3. The van der Waals surface area contributed by atoms with Crippen molar-refractivity contribution in [1.29, 1.82) is 0 Å². The third kappa shape index (κ3) is 4.55. The van der Waals surface area contributed by atoms with Gasteiger partial charge in [0.15, 0.2) is 0 Å². The molecule has 14 rings (SSSR count). The lowest BCUT2D eigenvalue weighted by atomic mass is 9.43. The highest BCUT2D eigenvalue weighted by Gasteiger charge is 2.62. The normalized spacial score (nSPS) is 24.8. The van der Waals surface area contributed by atoms with E-state index in [1.807, 2.05) is 0 Å². The van der Waals surface area contributed by atoms with Crippen molar-refractivity contribution in [3.63, 3.8) is 0 Å². The molecule has 0 saturated heterocycles. The van der Waals surface area contributed by atoms with Gasteiger partial charge in [-0.1, -0.05) is 142 Å². The highest BCUT2D eigenvalue weighted by molar-refractivity contribution is 6.34. The summed E-state index contributed by atoms with van der Waals surface area (Å²) in [4.78, 5) is 2.55. The van der Waals surface area contributed by atoms with Gasteiger partial charge in [0, 0.05) is 38.9 Å². The van der Waals surface area contributed by atoms with Crippen LogP contribution in [0.1, 0.15) is 93.2 Å². The molecule has 0 aromatic heterocycles. The minimum Gasteiger partial charge on any atom is -0.310 e. The summed E-state index contributed by atoms with van der Waals surface area (Å²) in [7, 11) is 0. The predicted molar refractivity (Wildman–Crippen MR) is 250 cm³/mol. The van der Waals surface area contributed by atoms with Gasteiger partial charge in [-0.05, 0) is 171 Å². The molecule has 0 heterocycles. The molecule has 7 aliphatic carbocycles. The number of halogens is 1. The smallest absolute Gasteiger partial charge is 0.0508 e. The summed E-state index contributed by atoms with van der Waals surface area (Å²) < 4.78 is 0. The first-order chi connectivity index (χ1) is 29.1. The van der Waals surface area contributed by atoms with Crippen molar-refractivity contribution in [2.75, 3.05) is 4.90 Å². The summed E-state index contributed by atoms with van der Waals surface area (Å²) in [6, 6.07) is 55.7. The molecule has 0 radical (unpaired) electrons. The van der Waals surface area contributed by atoms with Gasteiger partial charge in [-0.2, -0.15) is 0 Å². The molecule has 4 fully saturated rings. The first kappa shape index (κ1) is 35.4. The average Bonchev–Trinajstić information content (AvgIpc) is 3.77. The highest BCUT2D eigenvalue weighted by atomic mass is 35.5. The summed E-state index contributed by atoms with van der Waals surface area (Å²) >= 11 is 7.89. The first-order valence-electron chi connectivity index (χ1n) is 22.5. The SMILES string of the molecule is CC1(C)c2ccccc2-c2ccc(N(c3ccc4c(c3)C(C)(C)c3ccccc3-4)c3cc(Cl)c4c(c3)C3(c5ccc(-c6ccccc6)cc5-4)C4CC5CC(C4)CC3C5)cc21. The van der Waals surface area contributed by atoms with Crippen molar-refractivity contribution in [1.82, 2.24) is 0 Å². The van der Waals surface area contributed by atoms with E-state index in [2.05, 4.69) is 178 Å². The van der Waals surface area contributed by atoms with Crippen molar-refractivity contribution in [3.05, 3.63) is 184 Å². The predicted octanol–water partition coefficient (Wildman–Crippen LogP) is 15.8. The Balaban J connectivity index is 1.05. The molecule has 7 aromatic carbocycles. The van der Waals surface area contributed by atoms with E-state index >= 15 is 0 Å². The third-order valence-corrected chi connectivity index (χ3v) is 17.0. The Morgan fingerprint density at radius 2 is 0.933 bits per heavy atom. The summed E-state index contributed by atoms with van der Waals surface area (Å²) in [6.07, 6.45) is 6.76. The Kier molecular flexibility index (Phi) is 7.16. The number of hydrogen-bond donors (Lipinski definition) is 0. The Morgan fingerprint density at radius 1 is 0.417 bits per heavy atom. The van der Waals surface area contributed by atoms with E-state index in [4.69, 9.17) is 11.6 Å². The van der Waals surface area contributed by atoms with Crippen molar-refractivity contribution < 1.29 is 0 Å². The molecular formula is C58H50ClN. The maximum atomic E-state index is 7.89. The van der Waals surface area contributed by atoms with Gasteiger partial charge in [0.2, 0.25) is 0 Å². The van der Waals surface area contributed by atoms with E-state index in [0.717, 1.165) is 22.5 Å². The van der Waals surface area contributed by atoms with Crippen LogP contribution in [-0.4, -0.2) is 0 Å². The molecule has 0 N–H and O–H groups in total. The van der Waals surface area contributed by atoms with Crippen molar-refractivity contribution >= 4 is 28.7 Å². The minimum atomic E-state index is -0.118. The van der Waals surface area contributed by atoms with E-state index in [9.17, 15) is 0 Å². The van der Waals surface area contributed by atoms with E-state index in [1.165, 1.54) is 121 Å². The molecular weight excluding hydrogens is 746 g/mol. The second-order valence-electron chi connectivity index (χ2n) is 20.3. The van der Waals surface area contributed by atoms with Gasteiger partial charge in [0.1, 0.15) is 0 Å². The van der Waals surface area contributed by atoms with Crippen LogP contribution in [0.3, 0.4) is 0 Å². The minimum absolute atomic E-state index is 0.0260. The van der Waals surface area contributed by atoms with Crippen LogP contribution >= 0.6 is 11.6 Å². The topological polar surface area (TPSA) is 3.24 Å². The number of hydrogen-bond acceptors (Lipinski definition) is 1. The van der Waals surface area contributed by atoms with Crippen LogP contribution in [0.25, 0.3) is 44.5 Å². The lowest BCUT2D eigenvalue weighted by Crippen LogP contribution is -2.55. The highest BCUT2D eigenvalue weighted by Crippen LogP contribution is 2.70. The summed E-state index contributed by atoms with van der Waals surface area (Å²) in [6.45, 7) is 9.57. The quantitative estimate of drug-likeness (QED) is 0.171. The molecule has 7 aromatic rings. The molecule has 7 aliphatic rings. The fourth-order valence-electron chi connectivity index (χ4n) is 14.3. The van der Waals surface area contributed by atoms with Gasteiger partial charge in [-0.15, -0.1) is 0 Å². The lowest BCUT2D eigenvalue weighted by Gasteiger charge is -2.61. The summed E-state index contributed by atoms with van der Waals surface area (Å²) in [5.41, 5.74) is 22.4. The van der Waals surface area contributed by atoms with Crippen LogP contribution in [-0.2, 0) is 16.2 Å². The Labute approximate surface area is 360 Å². The van der Waals surface area contributed by atoms with Crippen LogP contribution in [0.5, 0.6) is 0 Å². The first-order valence-corrected chi connectivity index (χ1v) is 22.8. The van der Waals surface area contributed by atoms with Crippen LogP contribution in [0.4, 0.5) is 17.1 Å². The van der Waals surface area contributed by atoms with Gasteiger partial charge in [-0.25, -0.2) is 0 Å². The number of anilines is 3. The maximum Gasteiger partial charge on any atom is 0.0508 e. The number of fused-ring (bicyclic) bond motifs is 9. The number of benzene rings is 7. The molecule has 4 bridgehead atoms. The van der Waals surface area contributed by atoms with Gasteiger partial charge in [0.25, 0.3) is 0 Å². The van der Waals surface area contributed by atoms with Crippen LogP contribution in [0, 0.1) is 23.7 Å². The summed E-state index contributed by atoms with van der Waals surface area (Å²) in [5.74, 6) is 2.99. The molecule has 4 saturated carbocycles. The Hall–Kier alpha value is -5.37. The zero-order valence-electron chi connectivity index (χ0n) is 35.0. The molecule has 2 heteroatoms. The average molecular weight is 796 g/mol. The van der Waals surface area contributed by atoms with Crippen molar-refractivity contribution in [2.24, 2.45) is 23.7 Å². The largest absolute Gasteiger partial charge is 0.310 e. The van der Waals surface area contributed by atoms with Crippen LogP contribution < -0.4 is 4.90 Å². The molecule has 0 unspecified atom stereocenters. The van der Waals surface area contributed by atoms with Crippen molar-refractivity contribution in [2.45, 2.75) is 76.0 Å². The lowest BCUT2D eigenvalue weighted by molar-refractivity contribution is -0.0399. The van der Waals surface area contributed by atoms with Crippen LogP contribution in [0.15, 0.2) is 146 Å². The number of nitrogens with zero attached hydrogens (tertiary/aromatic N) is 1. The monoisotopic (exact) mass is 795 g/mol.